The second kappa shape index (κ2) is 6.38. The summed E-state index contributed by atoms with van der Waals surface area (Å²) in [5.74, 6) is 1.56. The number of rotatable bonds is 5. The quantitative estimate of drug-likeness (QED) is 0.613. The zero-order valence-electron chi connectivity index (χ0n) is 9.21. The highest BCUT2D eigenvalue weighted by Crippen LogP contribution is 2.30. The van der Waals surface area contributed by atoms with Gasteiger partial charge in [0, 0.05) is 19.1 Å². The molecular weight excluding hydrogens is 176 g/mol. The molecular formula is C11H24N2O. The summed E-state index contributed by atoms with van der Waals surface area (Å²) in [5, 5.41) is 12.1. The molecule has 1 saturated carbocycles. The van der Waals surface area contributed by atoms with Gasteiger partial charge in [0.15, 0.2) is 0 Å². The van der Waals surface area contributed by atoms with E-state index in [0.29, 0.717) is 19.1 Å². The first-order valence-corrected chi connectivity index (χ1v) is 5.82. The fraction of sp³-hybridized carbons (Fsp3) is 1.00. The number of hydrogen-bond donors (Lipinski definition) is 3. The monoisotopic (exact) mass is 200 g/mol. The number of aliphatic hydroxyl groups excluding tert-OH is 1. The molecule has 0 amide bonds. The summed E-state index contributed by atoms with van der Waals surface area (Å²) in [6.07, 6.45) is 5.29. The summed E-state index contributed by atoms with van der Waals surface area (Å²) < 4.78 is 0. The average Bonchev–Trinajstić information content (AvgIpc) is 2.19. The highest BCUT2D eigenvalue weighted by Gasteiger charge is 2.25. The van der Waals surface area contributed by atoms with Gasteiger partial charge in [-0.2, -0.15) is 0 Å². The molecule has 0 radical (unpaired) electrons. The molecule has 14 heavy (non-hydrogen) atoms. The summed E-state index contributed by atoms with van der Waals surface area (Å²) in [7, 11) is 0. The van der Waals surface area contributed by atoms with E-state index in [4.69, 9.17) is 10.8 Å². The Labute approximate surface area is 87.1 Å². The van der Waals surface area contributed by atoms with E-state index < -0.39 is 0 Å². The predicted molar refractivity (Wildman–Crippen MR) is 59.1 cm³/mol. The van der Waals surface area contributed by atoms with Gasteiger partial charge in [-0.1, -0.05) is 19.8 Å². The predicted octanol–water partition coefficient (Wildman–Crippen LogP) is 0.722. The molecule has 4 N–H and O–H groups in total. The first-order valence-electron chi connectivity index (χ1n) is 5.82. The van der Waals surface area contributed by atoms with E-state index in [-0.39, 0.29) is 6.61 Å². The first-order chi connectivity index (χ1) is 6.77. The highest BCUT2D eigenvalue weighted by molar-refractivity contribution is 4.81. The molecule has 0 aromatic heterocycles. The highest BCUT2D eigenvalue weighted by atomic mass is 16.3. The first kappa shape index (κ1) is 12.0. The third-order valence-corrected chi connectivity index (χ3v) is 3.32. The molecule has 0 spiro atoms. The van der Waals surface area contributed by atoms with E-state index in [1.165, 1.54) is 25.7 Å². The fourth-order valence-electron chi connectivity index (χ4n) is 2.54. The molecule has 84 valence electrons. The van der Waals surface area contributed by atoms with Crippen LogP contribution in [0, 0.1) is 11.8 Å². The zero-order valence-corrected chi connectivity index (χ0v) is 9.21. The lowest BCUT2D eigenvalue weighted by Gasteiger charge is -2.33. The van der Waals surface area contributed by atoms with Gasteiger partial charge in [-0.25, -0.2) is 0 Å². The van der Waals surface area contributed by atoms with Crippen molar-refractivity contribution in [2.75, 3.05) is 19.7 Å². The molecule has 1 aliphatic rings. The topological polar surface area (TPSA) is 58.3 Å². The van der Waals surface area contributed by atoms with E-state index >= 15 is 0 Å². The van der Waals surface area contributed by atoms with Crippen molar-refractivity contribution >= 4 is 0 Å². The number of nitrogens with two attached hydrogens (primary N) is 1. The molecule has 3 atom stereocenters. The summed E-state index contributed by atoms with van der Waals surface area (Å²) >= 11 is 0. The minimum atomic E-state index is 0.207. The lowest BCUT2D eigenvalue weighted by Crippen LogP contribution is -2.44. The zero-order chi connectivity index (χ0) is 10.4. The van der Waals surface area contributed by atoms with Crippen LogP contribution in [0.25, 0.3) is 0 Å². The van der Waals surface area contributed by atoms with E-state index in [0.717, 1.165) is 11.8 Å². The molecule has 3 nitrogen and oxygen atoms in total. The largest absolute Gasteiger partial charge is 0.395 e. The van der Waals surface area contributed by atoms with Gasteiger partial charge in [-0.05, 0) is 24.7 Å². The Balaban J connectivity index is 2.34. The van der Waals surface area contributed by atoms with Crippen molar-refractivity contribution < 1.29 is 5.11 Å². The number of nitrogens with one attached hydrogen (secondary N) is 1. The van der Waals surface area contributed by atoms with Crippen LogP contribution >= 0.6 is 0 Å². The summed E-state index contributed by atoms with van der Waals surface area (Å²) in [6, 6.07) is 0.407. The second-order valence-electron chi connectivity index (χ2n) is 4.55. The lowest BCUT2D eigenvalue weighted by atomic mass is 9.78. The van der Waals surface area contributed by atoms with Gasteiger partial charge in [0.1, 0.15) is 0 Å². The molecule has 0 heterocycles. The Morgan fingerprint density at radius 2 is 2.29 bits per heavy atom. The summed E-state index contributed by atoms with van der Waals surface area (Å²) in [4.78, 5) is 0. The van der Waals surface area contributed by atoms with Crippen molar-refractivity contribution in [3.05, 3.63) is 0 Å². The maximum Gasteiger partial charge on any atom is 0.0556 e. The number of aliphatic hydroxyl groups is 1. The van der Waals surface area contributed by atoms with Gasteiger partial charge in [0.2, 0.25) is 0 Å². The van der Waals surface area contributed by atoms with Crippen LogP contribution in [-0.2, 0) is 0 Å². The average molecular weight is 200 g/mol. The third kappa shape index (κ3) is 3.56. The van der Waals surface area contributed by atoms with E-state index in [1.54, 1.807) is 0 Å². The van der Waals surface area contributed by atoms with Gasteiger partial charge in [-0.3, -0.25) is 0 Å². The van der Waals surface area contributed by atoms with Crippen molar-refractivity contribution in [2.24, 2.45) is 17.6 Å². The summed E-state index contributed by atoms with van der Waals surface area (Å²) in [5.41, 5.74) is 5.75. The van der Waals surface area contributed by atoms with Crippen LogP contribution in [0.5, 0.6) is 0 Å². The Morgan fingerprint density at radius 1 is 1.50 bits per heavy atom. The van der Waals surface area contributed by atoms with Gasteiger partial charge in [0.05, 0.1) is 6.61 Å². The van der Waals surface area contributed by atoms with Crippen molar-refractivity contribution in [2.45, 2.75) is 38.6 Å². The van der Waals surface area contributed by atoms with Crippen LogP contribution < -0.4 is 11.1 Å². The normalized spacial score (nSPS) is 30.2. The van der Waals surface area contributed by atoms with Gasteiger partial charge in [0.25, 0.3) is 0 Å². The molecule has 1 aliphatic carbocycles. The Kier molecular flexibility index (Phi) is 5.45. The van der Waals surface area contributed by atoms with Gasteiger partial charge >= 0.3 is 0 Å². The van der Waals surface area contributed by atoms with Crippen molar-refractivity contribution in [3.63, 3.8) is 0 Å². The van der Waals surface area contributed by atoms with Crippen molar-refractivity contribution in [3.8, 4) is 0 Å². The van der Waals surface area contributed by atoms with Crippen LogP contribution in [0.1, 0.15) is 32.6 Å². The third-order valence-electron chi connectivity index (χ3n) is 3.32. The Hall–Kier alpha value is -0.120. The fourth-order valence-corrected chi connectivity index (χ4v) is 2.54. The van der Waals surface area contributed by atoms with Crippen LogP contribution in [0.15, 0.2) is 0 Å². The minimum absolute atomic E-state index is 0.207. The minimum Gasteiger partial charge on any atom is -0.395 e. The molecule has 1 fully saturated rings. The van der Waals surface area contributed by atoms with Crippen LogP contribution in [-0.4, -0.2) is 30.8 Å². The second-order valence-corrected chi connectivity index (χ2v) is 4.55. The Bertz CT molecular complexity index is 152. The molecule has 0 bridgehead atoms. The van der Waals surface area contributed by atoms with E-state index in [1.807, 2.05) is 0 Å². The van der Waals surface area contributed by atoms with Crippen molar-refractivity contribution in [1.82, 2.24) is 5.32 Å². The summed E-state index contributed by atoms with van der Waals surface area (Å²) in [6.45, 7) is 3.90. The Morgan fingerprint density at radius 3 is 2.86 bits per heavy atom. The maximum atomic E-state index is 8.76. The standard InChI is InChI=1S/C11H24N2O/c1-9-3-2-4-10(7-9)11(8-12)13-5-6-14/h9-11,13-14H,2-8,12H2,1H3. The van der Waals surface area contributed by atoms with Crippen LogP contribution in [0.2, 0.25) is 0 Å². The van der Waals surface area contributed by atoms with Crippen LogP contribution in [0.4, 0.5) is 0 Å². The van der Waals surface area contributed by atoms with Gasteiger partial charge in [-0.15, -0.1) is 0 Å². The van der Waals surface area contributed by atoms with E-state index in [9.17, 15) is 0 Å². The SMILES string of the molecule is CC1CCCC(C(CN)NCCO)C1. The van der Waals surface area contributed by atoms with Gasteiger partial charge < -0.3 is 16.2 Å². The molecule has 0 saturated heterocycles. The van der Waals surface area contributed by atoms with Crippen molar-refractivity contribution in [1.29, 1.82) is 0 Å². The number of hydrogen-bond acceptors (Lipinski definition) is 3. The molecule has 1 rings (SSSR count). The molecule has 3 unspecified atom stereocenters. The van der Waals surface area contributed by atoms with E-state index in [2.05, 4.69) is 12.2 Å². The lowest BCUT2D eigenvalue weighted by molar-refractivity contribution is 0.211. The maximum absolute atomic E-state index is 8.76. The molecule has 0 aliphatic heterocycles. The molecule has 0 aromatic rings. The molecule has 3 heteroatoms. The van der Waals surface area contributed by atoms with Crippen LogP contribution in [0.3, 0.4) is 0 Å². The smallest absolute Gasteiger partial charge is 0.0556 e. The molecule has 0 aromatic carbocycles.